The van der Waals surface area contributed by atoms with E-state index in [4.69, 9.17) is 28.2 Å². The molecular weight excluding hydrogens is 443 g/mol. The summed E-state index contributed by atoms with van der Waals surface area (Å²) in [5.41, 5.74) is 6.52. The largest absolute Gasteiger partial charge is 0.240 e. The minimum absolute atomic E-state index is 0.520. The van der Waals surface area contributed by atoms with E-state index in [0.29, 0.717) is 26.4 Å². The molecule has 0 spiro atoms. The number of pyridine rings is 1. The van der Waals surface area contributed by atoms with Crippen LogP contribution >= 0.6 is 35.0 Å². The molecule has 1 aromatic heterocycles. The molecule has 5 heteroatoms. The Hall–Kier alpha value is -2.77. The van der Waals surface area contributed by atoms with E-state index in [9.17, 15) is 5.26 Å². The van der Waals surface area contributed by atoms with Gasteiger partial charge in [0.15, 0.2) is 0 Å². The van der Waals surface area contributed by atoms with Crippen LogP contribution in [0.25, 0.3) is 22.4 Å². The van der Waals surface area contributed by atoms with Gasteiger partial charge in [0.2, 0.25) is 0 Å². The van der Waals surface area contributed by atoms with Gasteiger partial charge in [-0.1, -0.05) is 89.4 Å². The second kappa shape index (κ2) is 9.58. The van der Waals surface area contributed by atoms with E-state index in [1.165, 1.54) is 17.3 Å². The number of nitrogens with zero attached hydrogens (tertiary/aromatic N) is 2. The van der Waals surface area contributed by atoms with Gasteiger partial charge in [-0.25, -0.2) is 4.98 Å². The van der Waals surface area contributed by atoms with E-state index in [1.807, 2.05) is 48.5 Å². The Labute approximate surface area is 196 Å². The fraction of sp³-hybridized carbons (Fsp3) is 0.0769. The van der Waals surface area contributed by atoms with Crippen LogP contribution in [-0.2, 0) is 5.75 Å². The molecule has 0 fully saturated rings. The van der Waals surface area contributed by atoms with Crippen LogP contribution in [0.5, 0.6) is 0 Å². The minimum Gasteiger partial charge on any atom is -0.240 e. The van der Waals surface area contributed by atoms with Gasteiger partial charge >= 0.3 is 0 Å². The predicted molar refractivity (Wildman–Crippen MR) is 131 cm³/mol. The van der Waals surface area contributed by atoms with Crippen molar-refractivity contribution in [3.63, 3.8) is 0 Å². The van der Waals surface area contributed by atoms with Gasteiger partial charge in [-0.2, -0.15) is 5.26 Å². The Kier molecular flexibility index (Phi) is 6.63. The fourth-order valence-electron chi connectivity index (χ4n) is 3.23. The van der Waals surface area contributed by atoms with Crippen molar-refractivity contribution in [3.8, 4) is 28.5 Å². The highest BCUT2D eigenvalue weighted by molar-refractivity contribution is 7.98. The molecule has 152 valence electrons. The van der Waals surface area contributed by atoms with Crippen molar-refractivity contribution in [1.82, 2.24) is 4.98 Å². The normalized spacial score (nSPS) is 10.6. The van der Waals surface area contributed by atoms with Crippen LogP contribution in [0.3, 0.4) is 0 Å². The first-order valence-corrected chi connectivity index (χ1v) is 11.4. The van der Waals surface area contributed by atoms with Gasteiger partial charge in [-0.3, -0.25) is 0 Å². The molecular formula is C26H18Cl2N2S. The van der Waals surface area contributed by atoms with E-state index >= 15 is 0 Å². The van der Waals surface area contributed by atoms with E-state index in [0.717, 1.165) is 27.9 Å². The highest BCUT2D eigenvalue weighted by Crippen LogP contribution is 2.36. The number of thioether (sulfide) groups is 1. The molecule has 2 nitrogen and oxygen atoms in total. The van der Waals surface area contributed by atoms with Gasteiger partial charge in [0.1, 0.15) is 11.1 Å². The number of benzene rings is 3. The first-order chi connectivity index (χ1) is 15.0. The van der Waals surface area contributed by atoms with Crippen molar-refractivity contribution >= 4 is 35.0 Å². The molecule has 0 aliphatic heterocycles. The van der Waals surface area contributed by atoms with Gasteiger partial charge in [-0.15, -0.1) is 11.8 Å². The lowest BCUT2D eigenvalue weighted by atomic mass is 9.99. The zero-order valence-electron chi connectivity index (χ0n) is 16.8. The second-order valence-electron chi connectivity index (χ2n) is 7.12. The van der Waals surface area contributed by atoms with Gasteiger partial charge in [-0.05, 0) is 36.2 Å². The molecule has 4 aromatic rings. The number of halogens is 2. The van der Waals surface area contributed by atoms with Crippen LogP contribution in [0.2, 0.25) is 10.0 Å². The van der Waals surface area contributed by atoms with Crippen molar-refractivity contribution in [2.24, 2.45) is 0 Å². The Balaban J connectivity index is 1.80. The molecule has 0 amide bonds. The summed E-state index contributed by atoms with van der Waals surface area (Å²) in [4.78, 5) is 4.87. The van der Waals surface area contributed by atoms with Crippen LogP contribution in [0.1, 0.15) is 16.7 Å². The second-order valence-corrected chi connectivity index (χ2v) is 8.89. The van der Waals surface area contributed by atoms with Crippen LogP contribution in [0.4, 0.5) is 0 Å². The van der Waals surface area contributed by atoms with Gasteiger partial charge in [0.25, 0.3) is 0 Å². The Morgan fingerprint density at radius 3 is 2.29 bits per heavy atom. The molecule has 0 aliphatic rings. The van der Waals surface area contributed by atoms with Crippen LogP contribution < -0.4 is 0 Å². The van der Waals surface area contributed by atoms with Gasteiger partial charge in [0, 0.05) is 16.9 Å². The molecule has 0 radical (unpaired) electrons. The lowest BCUT2D eigenvalue weighted by Crippen LogP contribution is -1.96. The quantitative estimate of drug-likeness (QED) is 0.281. The van der Waals surface area contributed by atoms with E-state index in [-0.39, 0.29) is 0 Å². The van der Waals surface area contributed by atoms with Gasteiger partial charge in [0.05, 0.1) is 21.3 Å². The Morgan fingerprint density at radius 1 is 0.871 bits per heavy atom. The summed E-state index contributed by atoms with van der Waals surface area (Å²) in [7, 11) is 0. The summed E-state index contributed by atoms with van der Waals surface area (Å²) in [6, 6.07) is 28.2. The molecule has 0 atom stereocenters. The van der Waals surface area contributed by atoms with E-state index in [2.05, 4.69) is 37.3 Å². The standard InChI is InChI=1S/C26H18Cl2N2S/c1-17-7-10-20(11-8-17)25-14-21(19-5-3-2-4-6-19)22(15-29)26(30-25)31-16-18-9-12-23(27)24(28)13-18/h2-14H,16H2,1H3. The van der Waals surface area contributed by atoms with Crippen molar-refractivity contribution in [3.05, 3.63) is 106 Å². The van der Waals surface area contributed by atoms with Crippen LogP contribution in [0.15, 0.2) is 83.9 Å². The monoisotopic (exact) mass is 460 g/mol. The van der Waals surface area contributed by atoms with Crippen LogP contribution in [-0.4, -0.2) is 4.98 Å². The predicted octanol–water partition coefficient (Wildman–Crippen LogP) is 8.19. The molecule has 0 aliphatic carbocycles. The molecule has 4 rings (SSSR count). The van der Waals surface area contributed by atoms with Crippen molar-refractivity contribution < 1.29 is 0 Å². The lowest BCUT2D eigenvalue weighted by molar-refractivity contribution is 1.12. The topological polar surface area (TPSA) is 36.7 Å². The smallest absolute Gasteiger partial charge is 0.115 e. The summed E-state index contributed by atoms with van der Waals surface area (Å²) < 4.78 is 0. The minimum atomic E-state index is 0.520. The molecule has 0 unspecified atom stereocenters. The number of hydrogen-bond acceptors (Lipinski definition) is 3. The molecule has 0 saturated heterocycles. The zero-order valence-corrected chi connectivity index (χ0v) is 19.1. The fourth-order valence-corrected chi connectivity index (χ4v) is 4.50. The van der Waals surface area contributed by atoms with Crippen molar-refractivity contribution in [2.75, 3.05) is 0 Å². The summed E-state index contributed by atoms with van der Waals surface area (Å²) >= 11 is 13.7. The number of aryl methyl sites for hydroxylation is 1. The summed E-state index contributed by atoms with van der Waals surface area (Å²) in [5, 5.41) is 11.7. The Bertz CT molecular complexity index is 1260. The summed E-state index contributed by atoms with van der Waals surface area (Å²) in [6.07, 6.45) is 0. The average molecular weight is 461 g/mol. The highest BCUT2D eigenvalue weighted by Gasteiger charge is 2.16. The molecule has 3 aromatic carbocycles. The first kappa shape index (κ1) is 21.5. The average Bonchev–Trinajstić information content (AvgIpc) is 2.80. The van der Waals surface area contributed by atoms with E-state index < -0.39 is 0 Å². The van der Waals surface area contributed by atoms with E-state index in [1.54, 1.807) is 6.07 Å². The molecule has 1 heterocycles. The number of aromatic nitrogens is 1. The zero-order chi connectivity index (χ0) is 21.8. The summed E-state index contributed by atoms with van der Waals surface area (Å²) in [5.74, 6) is 0.629. The lowest BCUT2D eigenvalue weighted by Gasteiger charge is -2.13. The third-order valence-corrected chi connectivity index (χ3v) is 6.68. The highest BCUT2D eigenvalue weighted by atomic mass is 35.5. The third kappa shape index (κ3) is 4.94. The summed E-state index contributed by atoms with van der Waals surface area (Å²) in [6.45, 7) is 2.06. The van der Waals surface area contributed by atoms with Crippen LogP contribution in [0, 0.1) is 18.3 Å². The van der Waals surface area contributed by atoms with Crippen molar-refractivity contribution in [2.45, 2.75) is 17.7 Å². The Morgan fingerprint density at radius 2 is 1.61 bits per heavy atom. The molecule has 0 N–H and O–H groups in total. The molecule has 0 bridgehead atoms. The van der Waals surface area contributed by atoms with Gasteiger partial charge < -0.3 is 0 Å². The van der Waals surface area contributed by atoms with Crippen molar-refractivity contribution in [1.29, 1.82) is 5.26 Å². The first-order valence-electron chi connectivity index (χ1n) is 9.69. The maximum atomic E-state index is 9.99. The maximum Gasteiger partial charge on any atom is 0.115 e. The SMILES string of the molecule is Cc1ccc(-c2cc(-c3ccccc3)c(C#N)c(SCc3ccc(Cl)c(Cl)c3)n2)cc1. The molecule has 0 saturated carbocycles. The number of hydrogen-bond donors (Lipinski definition) is 0. The maximum absolute atomic E-state index is 9.99. The number of nitriles is 1. The number of rotatable bonds is 5. The molecule has 31 heavy (non-hydrogen) atoms. The third-order valence-electron chi connectivity index (χ3n) is 4.89.